The van der Waals surface area contributed by atoms with Gasteiger partial charge in [0.2, 0.25) is 0 Å². The summed E-state index contributed by atoms with van der Waals surface area (Å²) in [7, 11) is 4.12. The minimum Gasteiger partial charge on any atom is -0.477 e. The third kappa shape index (κ3) is 2.81. The summed E-state index contributed by atoms with van der Waals surface area (Å²) in [6.07, 6.45) is 1.21. The lowest BCUT2D eigenvalue weighted by Crippen LogP contribution is -2.27. The fraction of sp³-hybridized carbons (Fsp3) is 0.667. The van der Waals surface area contributed by atoms with Gasteiger partial charge in [0.25, 0.3) is 0 Å². The van der Waals surface area contributed by atoms with Gasteiger partial charge in [-0.05, 0) is 32.9 Å². The number of anilines is 1. The summed E-state index contributed by atoms with van der Waals surface area (Å²) >= 11 is 1.26. The van der Waals surface area contributed by atoms with E-state index in [9.17, 15) is 4.79 Å². The first-order valence-electron chi connectivity index (χ1n) is 6.07. The van der Waals surface area contributed by atoms with Crippen LogP contribution in [0.4, 0.5) is 5.13 Å². The highest BCUT2D eigenvalue weighted by Gasteiger charge is 2.23. The van der Waals surface area contributed by atoms with Crippen LogP contribution in [0.15, 0.2) is 0 Å². The highest BCUT2D eigenvalue weighted by Crippen LogP contribution is 2.27. The number of aromatic carboxylic acids is 1. The number of carboxylic acids is 1. The number of hydrogen-bond acceptors (Lipinski definition) is 5. The number of nitrogens with zero attached hydrogens (tertiary/aromatic N) is 3. The highest BCUT2D eigenvalue weighted by molar-refractivity contribution is 7.17. The van der Waals surface area contributed by atoms with Crippen molar-refractivity contribution in [3.8, 4) is 0 Å². The van der Waals surface area contributed by atoms with Gasteiger partial charge in [0.15, 0.2) is 5.13 Å². The molecule has 0 radical (unpaired) electrons. The molecule has 0 amide bonds. The Balaban J connectivity index is 2.02. The molecule has 1 unspecified atom stereocenters. The average molecular weight is 269 g/mol. The Labute approximate surface area is 111 Å². The monoisotopic (exact) mass is 269 g/mol. The second kappa shape index (κ2) is 5.24. The van der Waals surface area contributed by atoms with Crippen molar-refractivity contribution in [3.63, 3.8) is 0 Å². The van der Waals surface area contributed by atoms with Crippen LogP contribution in [0.5, 0.6) is 0 Å². The molecule has 100 valence electrons. The Hall–Kier alpha value is -1.14. The molecule has 1 fully saturated rings. The van der Waals surface area contributed by atoms with Gasteiger partial charge in [0.05, 0.1) is 5.69 Å². The zero-order chi connectivity index (χ0) is 13.3. The lowest BCUT2D eigenvalue weighted by Gasteiger charge is -2.20. The average Bonchev–Trinajstić information content (AvgIpc) is 2.85. The van der Waals surface area contributed by atoms with Crippen molar-refractivity contribution in [1.29, 1.82) is 0 Å². The van der Waals surface area contributed by atoms with E-state index in [1.54, 1.807) is 6.92 Å². The molecule has 1 aromatic heterocycles. The molecule has 1 aliphatic rings. The van der Waals surface area contributed by atoms with Crippen LogP contribution >= 0.6 is 11.3 Å². The predicted octanol–water partition coefficient (Wildman–Crippen LogP) is 1.54. The summed E-state index contributed by atoms with van der Waals surface area (Å²) in [5.41, 5.74) is 0.609. The summed E-state index contributed by atoms with van der Waals surface area (Å²) in [6.45, 7) is 4.95. The van der Waals surface area contributed by atoms with Crippen LogP contribution in [-0.2, 0) is 0 Å². The second-order valence-electron chi connectivity index (χ2n) is 5.01. The van der Waals surface area contributed by atoms with Crippen molar-refractivity contribution in [2.24, 2.45) is 5.92 Å². The predicted molar refractivity (Wildman–Crippen MR) is 72.7 cm³/mol. The van der Waals surface area contributed by atoms with E-state index >= 15 is 0 Å². The van der Waals surface area contributed by atoms with E-state index < -0.39 is 5.97 Å². The largest absolute Gasteiger partial charge is 0.477 e. The van der Waals surface area contributed by atoms with Crippen LogP contribution < -0.4 is 4.90 Å². The first-order chi connectivity index (χ1) is 8.47. The molecule has 1 aromatic rings. The Kier molecular flexibility index (Phi) is 3.87. The van der Waals surface area contributed by atoms with Crippen molar-refractivity contribution in [2.75, 3.05) is 38.6 Å². The molecular weight excluding hydrogens is 250 g/mol. The minimum absolute atomic E-state index is 0.348. The minimum atomic E-state index is -0.884. The molecule has 6 heteroatoms. The van der Waals surface area contributed by atoms with Gasteiger partial charge in [-0.15, -0.1) is 0 Å². The smallest absolute Gasteiger partial charge is 0.347 e. The Morgan fingerprint density at radius 3 is 2.89 bits per heavy atom. The molecular formula is C12H19N3O2S. The number of likely N-dealkylation sites (tertiary alicyclic amines) is 1. The van der Waals surface area contributed by atoms with Gasteiger partial charge in [-0.2, -0.15) is 0 Å². The topological polar surface area (TPSA) is 56.7 Å². The van der Waals surface area contributed by atoms with Crippen LogP contribution in [-0.4, -0.2) is 54.7 Å². The summed E-state index contributed by atoms with van der Waals surface area (Å²) in [4.78, 5) is 20.1. The quantitative estimate of drug-likeness (QED) is 0.898. The number of carboxylic acid groups (broad SMARTS) is 1. The van der Waals surface area contributed by atoms with E-state index in [1.165, 1.54) is 17.8 Å². The summed E-state index contributed by atoms with van der Waals surface area (Å²) in [5.74, 6) is -0.234. The maximum atomic E-state index is 11.0. The van der Waals surface area contributed by atoms with Gasteiger partial charge in [0.1, 0.15) is 4.88 Å². The fourth-order valence-corrected chi connectivity index (χ4v) is 3.26. The van der Waals surface area contributed by atoms with Gasteiger partial charge >= 0.3 is 5.97 Å². The van der Waals surface area contributed by atoms with E-state index in [4.69, 9.17) is 5.11 Å². The fourth-order valence-electron chi connectivity index (χ4n) is 2.38. The molecule has 2 rings (SSSR count). The molecule has 5 nitrogen and oxygen atoms in total. The lowest BCUT2D eigenvalue weighted by molar-refractivity contribution is 0.0701. The number of thiazole rings is 1. The third-order valence-electron chi connectivity index (χ3n) is 3.33. The van der Waals surface area contributed by atoms with Gasteiger partial charge in [-0.25, -0.2) is 9.78 Å². The number of hydrogen-bond donors (Lipinski definition) is 1. The van der Waals surface area contributed by atoms with Gasteiger partial charge in [-0.3, -0.25) is 0 Å². The molecule has 0 bridgehead atoms. The zero-order valence-corrected chi connectivity index (χ0v) is 11.8. The number of carbonyl (C=O) groups is 1. The normalized spacial score (nSPS) is 20.3. The SMILES string of the molecule is Cc1nc(N(C)CC2CCN(C)C2)sc1C(=O)O. The molecule has 0 spiro atoms. The van der Waals surface area contributed by atoms with Gasteiger partial charge < -0.3 is 14.9 Å². The highest BCUT2D eigenvalue weighted by atomic mass is 32.1. The number of rotatable bonds is 4. The second-order valence-corrected chi connectivity index (χ2v) is 5.99. The summed E-state index contributed by atoms with van der Waals surface area (Å²) < 4.78 is 0. The van der Waals surface area contributed by atoms with Gasteiger partial charge in [0, 0.05) is 20.1 Å². The zero-order valence-electron chi connectivity index (χ0n) is 11.0. The van der Waals surface area contributed by atoms with Crippen molar-refractivity contribution in [1.82, 2.24) is 9.88 Å². The molecule has 0 aromatic carbocycles. The Morgan fingerprint density at radius 2 is 2.39 bits per heavy atom. The molecule has 2 heterocycles. The van der Waals surface area contributed by atoms with Crippen molar-refractivity contribution in [3.05, 3.63) is 10.6 Å². The Bertz CT molecular complexity index is 447. The van der Waals surface area contributed by atoms with Crippen LogP contribution in [0.1, 0.15) is 21.8 Å². The number of aromatic nitrogens is 1. The van der Waals surface area contributed by atoms with E-state index in [-0.39, 0.29) is 0 Å². The van der Waals surface area contributed by atoms with Crippen molar-refractivity contribution >= 4 is 22.4 Å². The lowest BCUT2D eigenvalue weighted by atomic mass is 10.1. The van der Waals surface area contributed by atoms with E-state index in [0.29, 0.717) is 16.5 Å². The first kappa shape index (κ1) is 13.3. The molecule has 0 saturated carbocycles. The molecule has 1 N–H and O–H groups in total. The van der Waals surface area contributed by atoms with Gasteiger partial charge in [-0.1, -0.05) is 11.3 Å². The molecule has 1 saturated heterocycles. The summed E-state index contributed by atoms with van der Waals surface area (Å²) in [6, 6.07) is 0. The van der Waals surface area contributed by atoms with Crippen molar-refractivity contribution < 1.29 is 9.90 Å². The van der Waals surface area contributed by atoms with E-state index in [2.05, 4.69) is 21.8 Å². The maximum Gasteiger partial charge on any atom is 0.347 e. The van der Waals surface area contributed by atoms with Crippen LogP contribution in [0.2, 0.25) is 0 Å². The van der Waals surface area contributed by atoms with Crippen molar-refractivity contribution in [2.45, 2.75) is 13.3 Å². The molecule has 18 heavy (non-hydrogen) atoms. The van der Waals surface area contributed by atoms with E-state index in [1.807, 2.05) is 7.05 Å². The summed E-state index contributed by atoms with van der Waals surface area (Å²) in [5, 5.41) is 9.83. The first-order valence-corrected chi connectivity index (χ1v) is 6.89. The third-order valence-corrected chi connectivity index (χ3v) is 4.59. The van der Waals surface area contributed by atoms with Crippen LogP contribution in [0.3, 0.4) is 0 Å². The molecule has 1 atom stereocenters. The molecule has 1 aliphatic heterocycles. The Morgan fingerprint density at radius 1 is 1.67 bits per heavy atom. The number of aryl methyl sites for hydroxylation is 1. The maximum absolute atomic E-state index is 11.0. The standard InChI is InChI=1S/C12H19N3O2S/c1-8-10(11(16)17)18-12(13-8)15(3)7-9-4-5-14(2)6-9/h9H,4-7H2,1-3H3,(H,16,17). The van der Waals surface area contributed by atoms with Crippen LogP contribution in [0.25, 0.3) is 0 Å². The van der Waals surface area contributed by atoms with E-state index in [0.717, 1.165) is 24.8 Å². The molecule has 0 aliphatic carbocycles. The van der Waals surface area contributed by atoms with Crippen LogP contribution in [0, 0.1) is 12.8 Å².